The molecule has 2 heterocycles. The highest BCUT2D eigenvalue weighted by Crippen LogP contribution is 2.22. The number of rotatable bonds is 3. The molecule has 0 fully saturated rings. The smallest absolute Gasteiger partial charge is 0.228 e. The van der Waals surface area contributed by atoms with Crippen molar-refractivity contribution in [2.75, 3.05) is 18.5 Å². The van der Waals surface area contributed by atoms with Gasteiger partial charge in [-0.15, -0.1) is 0 Å². The fraction of sp³-hybridized carbons (Fsp3) is 0.667. The lowest BCUT2D eigenvalue weighted by atomic mass is 10.2. The maximum atomic E-state index is 12.1. The van der Waals surface area contributed by atoms with E-state index in [1.807, 2.05) is 31.5 Å². The number of aromatic nitrogens is 2. The van der Waals surface area contributed by atoms with Crippen molar-refractivity contribution in [2.24, 2.45) is 0 Å². The first kappa shape index (κ1) is 19.1. The Morgan fingerprint density at radius 1 is 1.29 bits per heavy atom. The number of amides is 2. The molecule has 1 N–H and O–H groups in total. The number of anilines is 1. The predicted molar refractivity (Wildman–Crippen MR) is 85.3 cm³/mol. The molecule has 2 rings (SSSR count). The summed E-state index contributed by atoms with van der Waals surface area (Å²) in [5.74, 6) is 0.727. The van der Waals surface area contributed by atoms with Crippen LogP contribution in [0.15, 0.2) is 6.07 Å². The highest BCUT2D eigenvalue weighted by molar-refractivity contribution is 5.94. The lowest BCUT2D eigenvalue weighted by Gasteiger charge is -2.27. The number of fused-ring (bicyclic) bond motifs is 1. The molecule has 21 heavy (non-hydrogen) atoms. The zero-order chi connectivity index (χ0) is 15.1. The van der Waals surface area contributed by atoms with Crippen molar-refractivity contribution in [3.05, 3.63) is 11.8 Å². The van der Waals surface area contributed by atoms with Crippen LogP contribution in [0.5, 0.6) is 0 Å². The highest BCUT2D eigenvalue weighted by atomic mass is 16.2. The van der Waals surface area contributed by atoms with Gasteiger partial charge in [-0.2, -0.15) is 5.10 Å². The summed E-state index contributed by atoms with van der Waals surface area (Å²) in [5.41, 5.74) is 0.913. The molecule has 1 aromatic rings. The van der Waals surface area contributed by atoms with Crippen LogP contribution in [0.3, 0.4) is 0 Å². The van der Waals surface area contributed by atoms with E-state index >= 15 is 0 Å². The first-order chi connectivity index (χ1) is 9.61. The first-order valence-electron chi connectivity index (χ1n) is 7.17. The SMILES string of the molecule is C.CC.CNC(=O)CCC(=O)N1CCCn2nc(C)cc21. The third kappa shape index (κ3) is 4.88. The van der Waals surface area contributed by atoms with Crippen LogP contribution in [0.4, 0.5) is 5.82 Å². The highest BCUT2D eigenvalue weighted by Gasteiger charge is 2.23. The zero-order valence-corrected chi connectivity index (χ0v) is 12.8. The van der Waals surface area contributed by atoms with Gasteiger partial charge < -0.3 is 5.32 Å². The summed E-state index contributed by atoms with van der Waals surface area (Å²) in [4.78, 5) is 25.0. The van der Waals surface area contributed by atoms with Gasteiger partial charge in [0.15, 0.2) is 0 Å². The van der Waals surface area contributed by atoms with E-state index in [9.17, 15) is 9.59 Å². The summed E-state index contributed by atoms with van der Waals surface area (Å²) in [6, 6.07) is 1.91. The Bertz CT molecular complexity index is 468. The molecule has 6 heteroatoms. The summed E-state index contributed by atoms with van der Waals surface area (Å²) in [7, 11) is 1.58. The molecule has 0 spiro atoms. The van der Waals surface area contributed by atoms with Crippen LogP contribution in [0.1, 0.15) is 46.2 Å². The molecule has 0 atom stereocenters. The second kappa shape index (κ2) is 9.15. The Kier molecular flexibility index (Phi) is 8.35. The van der Waals surface area contributed by atoms with Crippen molar-refractivity contribution in [1.29, 1.82) is 0 Å². The molecular weight excluding hydrogens is 268 g/mol. The summed E-state index contributed by atoms with van der Waals surface area (Å²) < 4.78 is 1.86. The van der Waals surface area contributed by atoms with E-state index in [4.69, 9.17) is 0 Å². The summed E-state index contributed by atoms with van der Waals surface area (Å²) in [6.45, 7) is 7.47. The molecule has 0 unspecified atom stereocenters. The van der Waals surface area contributed by atoms with E-state index in [1.54, 1.807) is 11.9 Å². The van der Waals surface area contributed by atoms with Gasteiger partial charge in [-0.3, -0.25) is 14.5 Å². The van der Waals surface area contributed by atoms with Crippen molar-refractivity contribution in [2.45, 2.75) is 54.0 Å². The zero-order valence-electron chi connectivity index (χ0n) is 12.8. The molecule has 0 radical (unpaired) electrons. The molecule has 0 saturated carbocycles. The molecule has 2 amide bonds. The minimum absolute atomic E-state index is 0. The average Bonchev–Trinajstić information content (AvgIpc) is 2.86. The van der Waals surface area contributed by atoms with Gasteiger partial charge in [-0.1, -0.05) is 21.3 Å². The number of carbonyl (C=O) groups is 2. The van der Waals surface area contributed by atoms with Crippen LogP contribution in [0.2, 0.25) is 0 Å². The molecule has 0 aromatic carbocycles. The molecular formula is C15H28N4O2. The Balaban J connectivity index is 0.00000128. The maximum absolute atomic E-state index is 12.1. The number of carbonyl (C=O) groups excluding carboxylic acids is 2. The largest absolute Gasteiger partial charge is 0.359 e. The Hall–Kier alpha value is -1.85. The number of nitrogens with zero attached hydrogens (tertiary/aromatic N) is 3. The topological polar surface area (TPSA) is 67.2 Å². The second-order valence-electron chi connectivity index (χ2n) is 4.44. The lowest BCUT2D eigenvalue weighted by molar-refractivity contribution is -0.125. The van der Waals surface area contributed by atoms with Crippen molar-refractivity contribution < 1.29 is 9.59 Å². The van der Waals surface area contributed by atoms with Crippen molar-refractivity contribution in [1.82, 2.24) is 15.1 Å². The van der Waals surface area contributed by atoms with Gasteiger partial charge >= 0.3 is 0 Å². The molecule has 0 bridgehead atoms. The minimum Gasteiger partial charge on any atom is -0.359 e. The third-order valence-corrected chi connectivity index (χ3v) is 3.05. The Morgan fingerprint density at radius 2 is 1.95 bits per heavy atom. The van der Waals surface area contributed by atoms with Crippen LogP contribution >= 0.6 is 0 Å². The van der Waals surface area contributed by atoms with Crippen LogP contribution in [0.25, 0.3) is 0 Å². The first-order valence-corrected chi connectivity index (χ1v) is 7.17. The fourth-order valence-corrected chi connectivity index (χ4v) is 2.14. The standard InChI is InChI=1S/C12H18N4O2.C2H6.CH4/c1-9-8-11-15(6-3-7-16(11)14-9)12(18)5-4-10(17)13-2;1-2;/h8H,3-7H2,1-2H3,(H,13,17);1-2H3;1H4. The number of nitrogens with one attached hydrogen (secondary N) is 1. The van der Waals surface area contributed by atoms with Gasteiger partial charge in [0.1, 0.15) is 5.82 Å². The summed E-state index contributed by atoms with van der Waals surface area (Å²) in [6.07, 6.45) is 1.38. The Labute approximate surface area is 127 Å². The molecule has 120 valence electrons. The monoisotopic (exact) mass is 296 g/mol. The van der Waals surface area contributed by atoms with Crippen molar-refractivity contribution in [3.63, 3.8) is 0 Å². The van der Waals surface area contributed by atoms with Crippen LogP contribution in [0, 0.1) is 6.92 Å². The number of aryl methyl sites for hydroxylation is 2. The van der Waals surface area contributed by atoms with Gasteiger partial charge in [-0.25, -0.2) is 4.68 Å². The number of hydrogen-bond donors (Lipinski definition) is 1. The van der Waals surface area contributed by atoms with Gasteiger partial charge in [0, 0.05) is 39.0 Å². The third-order valence-electron chi connectivity index (χ3n) is 3.05. The van der Waals surface area contributed by atoms with Gasteiger partial charge in [0.05, 0.1) is 5.69 Å². The molecule has 1 aromatic heterocycles. The van der Waals surface area contributed by atoms with Gasteiger partial charge in [0.2, 0.25) is 11.8 Å². The minimum atomic E-state index is -0.106. The van der Waals surface area contributed by atoms with E-state index in [0.717, 1.165) is 24.5 Å². The molecule has 1 aliphatic rings. The maximum Gasteiger partial charge on any atom is 0.228 e. The van der Waals surface area contributed by atoms with Crippen molar-refractivity contribution in [3.8, 4) is 0 Å². The summed E-state index contributed by atoms with van der Waals surface area (Å²) >= 11 is 0. The van der Waals surface area contributed by atoms with E-state index in [0.29, 0.717) is 6.54 Å². The van der Waals surface area contributed by atoms with E-state index in [2.05, 4.69) is 10.4 Å². The molecule has 6 nitrogen and oxygen atoms in total. The van der Waals surface area contributed by atoms with Crippen LogP contribution in [-0.4, -0.2) is 35.2 Å². The normalized spacial score (nSPS) is 12.5. The van der Waals surface area contributed by atoms with Crippen LogP contribution < -0.4 is 10.2 Å². The molecule has 1 aliphatic heterocycles. The quantitative estimate of drug-likeness (QED) is 0.929. The lowest BCUT2D eigenvalue weighted by Crippen LogP contribution is -2.38. The molecule has 0 saturated heterocycles. The van der Waals surface area contributed by atoms with E-state index in [1.165, 1.54) is 0 Å². The van der Waals surface area contributed by atoms with Crippen molar-refractivity contribution >= 4 is 17.6 Å². The van der Waals surface area contributed by atoms with E-state index < -0.39 is 0 Å². The molecule has 0 aliphatic carbocycles. The predicted octanol–water partition coefficient (Wildman–Crippen LogP) is 2.12. The van der Waals surface area contributed by atoms with E-state index in [-0.39, 0.29) is 32.1 Å². The Morgan fingerprint density at radius 3 is 2.57 bits per heavy atom. The second-order valence-corrected chi connectivity index (χ2v) is 4.44. The fourth-order valence-electron chi connectivity index (χ4n) is 2.14. The summed E-state index contributed by atoms with van der Waals surface area (Å²) in [5, 5.41) is 6.86. The number of hydrogen-bond acceptors (Lipinski definition) is 3. The van der Waals surface area contributed by atoms with Crippen LogP contribution in [-0.2, 0) is 16.1 Å². The van der Waals surface area contributed by atoms with Gasteiger partial charge in [0.25, 0.3) is 0 Å². The average molecular weight is 296 g/mol. The van der Waals surface area contributed by atoms with Gasteiger partial charge in [-0.05, 0) is 13.3 Å².